The highest BCUT2D eigenvalue weighted by Crippen LogP contribution is 2.24. The van der Waals surface area contributed by atoms with Crippen molar-refractivity contribution in [3.63, 3.8) is 0 Å². The maximum Gasteiger partial charge on any atom is 0.243 e. The van der Waals surface area contributed by atoms with Gasteiger partial charge in [0.15, 0.2) is 0 Å². The summed E-state index contributed by atoms with van der Waals surface area (Å²) in [5.41, 5.74) is 1.56. The van der Waals surface area contributed by atoms with Crippen molar-refractivity contribution in [3.8, 4) is 11.5 Å². The van der Waals surface area contributed by atoms with Crippen LogP contribution in [-0.2, 0) is 4.79 Å². The number of para-hydroxylation sites is 2. The molecule has 0 unspecified atom stereocenters. The number of ether oxygens (including phenoxy) is 2. The number of nitrogens with one attached hydrogen (secondary N) is 2. The number of anilines is 2. The molecular formula is C22H30N2O3. The fourth-order valence-electron chi connectivity index (χ4n) is 2.33. The third-order valence-corrected chi connectivity index (χ3v) is 3.81. The number of carbonyl (C=O) groups excluding carboxylic acids is 1. The molecule has 0 atom stereocenters. The van der Waals surface area contributed by atoms with Crippen LogP contribution in [0.3, 0.4) is 0 Å². The van der Waals surface area contributed by atoms with Crippen LogP contribution in [0.1, 0.15) is 33.6 Å². The molecule has 0 saturated carbocycles. The number of benzene rings is 2. The molecule has 0 heterocycles. The van der Waals surface area contributed by atoms with Gasteiger partial charge in [-0.15, -0.1) is 0 Å². The summed E-state index contributed by atoms with van der Waals surface area (Å²) in [6, 6.07) is 15.1. The quantitative estimate of drug-likeness (QED) is 0.549. The molecule has 0 saturated heterocycles. The molecular weight excluding hydrogens is 340 g/mol. The van der Waals surface area contributed by atoms with Gasteiger partial charge in [-0.3, -0.25) is 4.79 Å². The Morgan fingerprint density at radius 3 is 2.48 bits per heavy atom. The fraction of sp³-hybridized carbons (Fsp3) is 0.409. The third kappa shape index (κ3) is 7.60. The van der Waals surface area contributed by atoms with Crippen LogP contribution in [0.25, 0.3) is 0 Å². The number of hydrogen-bond donors (Lipinski definition) is 2. The maximum atomic E-state index is 12.3. The zero-order valence-corrected chi connectivity index (χ0v) is 16.5. The topological polar surface area (TPSA) is 59.6 Å². The maximum absolute atomic E-state index is 12.3. The molecule has 27 heavy (non-hydrogen) atoms. The SMILES string of the molecule is CCCCOc1ccccc1NC(=O)CNc1ccc(OCC(C)C)cc1. The number of hydrogen-bond acceptors (Lipinski definition) is 4. The van der Waals surface area contributed by atoms with E-state index in [4.69, 9.17) is 9.47 Å². The molecule has 2 aromatic carbocycles. The van der Waals surface area contributed by atoms with E-state index in [2.05, 4.69) is 31.4 Å². The number of rotatable bonds is 11. The van der Waals surface area contributed by atoms with E-state index in [-0.39, 0.29) is 12.5 Å². The van der Waals surface area contributed by atoms with Crippen LogP contribution >= 0.6 is 0 Å². The Kier molecular flexibility index (Phi) is 8.49. The van der Waals surface area contributed by atoms with Crippen LogP contribution in [0.4, 0.5) is 11.4 Å². The van der Waals surface area contributed by atoms with Crippen LogP contribution in [0, 0.1) is 5.92 Å². The minimum absolute atomic E-state index is 0.123. The minimum Gasteiger partial charge on any atom is -0.493 e. The molecule has 2 aromatic rings. The summed E-state index contributed by atoms with van der Waals surface area (Å²) < 4.78 is 11.4. The van der Waals surface area contributed by atoms with E-state index in [1.807, 2.05) is 48.5 Å². The first kappa shape index (κ1) is 20.6. The van der Waals surface area contributed by atoms with Gasteiger partial charge in [-0.1, -0.05) is 39.3 Å². The lowest BCUT2D eigenvalue weighted by Gasteiger charge is -2.13. The molecule has 5 nitrogen and oxygen atoms in total. The zero-order chi connectivity index (χ0) is 19.5. The Balaban J connectivity index is 1.82. The van der Waals surface area contributed by atoms with E-state index in [0.717, 1.165) is 24.3 Å². The lowest BCUT2D eigenvalue weighted by Crippen LogP contribution is -2.22. The third-order valence-electron chi connectivity index (χ3n) is 3.81. The summed E-state index contributed by atoms with van der Waals surface area (Å²) in [5.74, 6) is 1.89. The van der Waals surface area contributed by atoms with E-state index >= 15 is 0 Å². The predicted octanol–water partition coefficient (Wildman–Crippen LogP) is 4.95. The summed E-state index contributed by atoms with van der Waals surface area (Å²) in [5, 5.41) is 6.02. The smallest absolute Gasteiger partial charge is 0.243 e. The van der Waals surface area contributed by atoms with E-state index in [1.165, 1.54) is 0 Å². The van der Waals surface area contributed by atoms with Crippen molar-refractivity contribution < 1.29 is 14.3 Å². The fourth-order valence-corrected chi connectivity index (χ4v) is 2.33. The van der Waals surface area contributed by atoms with Crippen LogP contribution in [0.5, 0.6) is 11.5 Å². The number of unbranched alkanes of at least 4 members (excludes halogenated alkanes) is 1. The summed E-state index contributed by atoms with van der Waals surface area (Å²) >= 11 is 0. The van der Waals surface area contributed by atoms with E-state index in [1.54, 1.807) is 0 Å². The van der Waals surface area contributed by atoms with Gasteiger partial charge in [-0.2, -0.15) is 0 Å². The second-order valence-corrected chi connectivity index (χ2v) is 6.83. The van der Waals surface area contributed by atoms with Crippen molar-refractivity contribution >= 4 is 17.3 Å². The van der Waals surface area contributed by atoms with E-state index < -0.39 is 0 Å². The standard InChI is InChI=1S/C22H30N2O3/c1-4-5-14-26-21-9-7-6-8-20(21)24-22(25)15-23-18-10-12-19(13-11-18)27-16-17(2)3/h6-13,17,23H,4-5,14-16H2,1-3H3,(H,24,25). The van der Waals surface area contributed by atoms with Gasteiger partial charge < -0.3 is 20.1 Å². The van der Waals surface area contributed by atoms with Gasteiger partial charge in [0.05, 0.1) is 25.4 Å². The van der Waals surface area contributed by atoms with Gasteiger partial charge in [-0.05, 0) is 48.7 Å². The average Bonchev–Trinajstić information content (AvgIpc) is 2.67. The Morgan fingerprint density at radius 2 is 1.78 bits per heavy atom. The van der Waals surface area contributed by atoms with E-state index in [9.17, 15) is 4.79 Å². The largest absolute Gasteiger partial charge is 0.493 e. The van der Waals surface area contributed by atoms with Gasteiger partial charge in [0.25, 0.3) is 0 Å². The highest BCUT2D eigenvalue weighted by molar-refractivity contribution is 5.95. The second-order valence-electron chi connectivity index (χ2n) is 6.83. The molecule has 0 aliphatic heterocycles. The second kappa shape index (κ2) is 11.1. The molecule has 0 aliphatic carbocycles. The molecule has 0 spiro atoms. The Labute approximate surface area is 162 Å². The minimum atomic E-state index is -0.123. The zero-order valence-electron chi connectivity index (χ0n) is 16.5. The molecule has 0 bridgehead atoms. The van der Waals surface area contributed by atoms with Gasteiger partial charge in [0, 0.05) is 5.69 Å². The summed E-state index contributed by atoms with van der Waals surface area (Å²) in [6.07, 6.45) is 2.06. The number of carbonyl (C=O) groups is 1. The first-order valence-corrected chi connectivity index (χ1v) is 9.57. The van der Waals surface area contributed by atoms with Crippen molar-refractivity contribution in [2.24, 2.45) is 5.92 Å². The molecule has 1 amide bonds. The van der Waals surface area contributed by atoms with Crippen molar-refractivity contribution in [1.82, 2.24) is 0 Å². The van der Waals surface area contributed by atoms with Crippen LogP contribution in [0.2, 0.25) is 0 Å². The highest BCUT2D eigenvalue weighted by Gasteiger charge is 2.07. The molecule has 0 aromatic heterocycles. The Hall–Kier alpha value is -2.69. The van der Waals surface area contributed by atoms with Crippen LogP contribution in [-0.4, -0.2) is 25.7 Å². The van der Waals surface area contributed by atoms with Crippen LogP contribution in [0.15, 0.2) is 48.5 Å². The molecule has 5 heteroatoms. The predicted molar refractivity (Wildman–Crippen MR) is 111 cm³/mol. The average molecular weight is 370 g/mol. The van der Waals surface area contributed by atoms with Gasteiger partial charge >= 0.3 is 0 Å². The Morgan fingerprint density at radius 1 is 1.04 bits per heavy atom. The van der Waals surface area contributed by atoms with Crippen LogP contribution < -0.4 is 20.1 Å². The summed E-state index contributed by atoms with van der Waals surface area (Å²) in [7, 11) is 0. The van der Waals surface area contributed by atoms with Crippen molar-refractivity contribution in [2.45, 2.75) is 33.6 Å². The first-order chi connectivity index (χ1) is 13.1. The van der Waals surface area contributed by atoms with E-state index in [0.29, 0.717) is 30.6 Å². The summed E-state index contributed by atoms with van der Waals surface area (Å²) in [4.78, 5) is 12.3. The monoisotopic (exact) mass is 370 g/mol. The van der Waals surface area contributed by atoms with Crippen molar-refractivity contribution in [2.75, 3.05) is 30.4 Å². The number of amides is 1. The molecule has 2 N–H and O–H groups in total. The highest BCUT2D eigenvalue weighted by atomic mass is 16.5. The molecule has 2 rings (SSSR count). The van der Waals surface area contributed by atoms with Crippen molar-refractivity contribution in [3.05, 3.63) is 48.5 Å². The Bertz CT molecular complexity index is 699. The summed E-state index contributed by atoms with van der Waals surface area (Å²) in [6.45, 7) is 7.85. The van der Waals surface area contributed by atoms with Gasteiger partial charge in [0.2, 0.25) is 5.91 Å². The van der Waals surface area contributed by atoms with Gasteiger partial charge in [0.1, 0.15) is 11.5 Å². The molecule has 0 fully saturated rings. The van der Waals surface area contributed by atoms with Crippen molar-refractivity contribution in [1.29, 1.82) is 0 Å². The first-order valence-electron chi connectivity index (χ1n) is 9.57. The normalized spacial score (nSPS) is 10.5. The van der Waals surface area contributed by atoms with Gasteiger partial charge in [-0.25, -0.2) is 0 Å². The lowest BCUT2D eigenvalue weighted by molar-refractivity contribution is -0.114. The molecule has 0 aliphatic rings. The molecule has 146 valence electrons. The lowest BCUT2D eigenvalue weighted by atomic mass is 10.2. The molecule has 0 radical (unpaired) electrons.